The van der Waals surface area contributed by atoms with Crippen LogP contribution in [0.15, 0.2) is 48.5 Å². The summed E-state index contributed by atoms with van der Waals surface area (Å²) in [6.07, 6.45) is 0. The first-order valence-corrected chi connectivity index (χ1v) is 10.4. The molecule has 2 amide bonds. The first kappa shape index (κ1) is 21.8. The molecule has 7 heteroatoms. The molecule has 2 aromatic rings. The van der Waals surface area contributed by atoms with E-state index in [-0.39, 0.29) is 17.9 Å². The summed E-state index contributed by atoms with van der Waals surface area (Å²) in [5.74, 6) is 0.655. The summed E-state index contributed by atoms with van der Waals surface area (Å²) in [6, 6.07) is 15.4. The van der Waals surface area contributed by atoms with E-state index in [0.29, 0.717) is 18.0 Å². The highest BCUT2D eigenvalue weighted by molar-refractivity contribution is 5.96. The Labute approximate surface area is 178 Å². The van der Waals surface area contributed by atoms with Crippen molar-refractivity contribution in [2.45, 2.75) is 13.0 Å². The molecule has 2 aromatic carbocycles. The largest absolute Gasteiger partial charge is 0.495 e. The number of ether oxygens (including phenoxy) is 1. The topological polar surface area (TPSA) is 76.3 Å². The number of amides is 2. The Balaban J connectivity index is 1.78. The molecule has 0 spiro atoms. The van der Waals surface area contributed by atoms with Crippen LogP contribution in [0.25, 0.3) is 0 Å². The van der Waals surface area contributed by atoms with Gasteiger partial charge in [-0.2, -0.15) is 0 Å². The van der Waals surface area contributed by atoms with Gasteiger partial charge in [0.25, 0.3) is 11.8 Å². The van der Waals surface area contributed by atoms with Crippen LogP contribution in [0.1, 0.15) is 17.2 Å². The Morgan fingerprint density at radius 2 is 1.77 bits per heavy atom. The fourth-order valence-electron chi connectivity index (χ4n) is 4.05. The van der Waals surface area contributed by atoms with Crippen LogP contribution in [0.4, 0.5) is 5.69 Å². The zero-order valence-electron chi connectivity index (χ0n) is 18.0. The zero-order chi connectivity index (χ0) is 21.5. The van der Waals surface area contributed by atoms with Crippen molar-refractivity contribution < 1.29 is 24.1 Å². The van der Waals surface area contributed by atoms with Crippen LogP contribution in [0.3, 0.4) is 0 Å². The molecule has 1 aliphatic rings. The number of likely N-dealkylation sites (N-methyl/N-ethyl adjacent to an activating group) is 1. The van der Waals surface area contributed by atoms with Gasteiger partial charge >= 0.3 is 0 Å². The van der Waals surface area contributed by atoms with Gasteiger partial charge in [-0.3, -0.25) is 9.59 Å². The van der Waals surface area contributed by atoms with Crippen molar-refractivity contribution in [3.63, 3.8) is 0 Å². The molecule has 1 fully saturated rings. The fraction of sp³-hybridized carbons (Fsp3) is 0.391. The molecule has 30 heavy (non-hydrogen) atoms. The van der Waals surface area contributed by atoms with Gasteiger partial charge in [0.2, 0.25) is 0 Å². The van der Waals surface area contributed by atoms with Gasteiger partial charge in [-0.15, -0.1) is 0 Å². The zero-order valence-corrected chi connectivity index (χ0v) is 18.0. The SMILES string of the molecule is CNC(=O)C[NH+]1CC[NH+]([C@@H](C(=O)Nc2cc(C)ccc2OC)c2ccccc2)CC1. The predicted molar refractivity (Wildman–Crippen MR) is 116 cm³/mol. The molecule has 0 unspecified atom stereocenters. The number of hydrogen-bond acceptors (Lipinski definition) is 3. The van der Waals surface area contributed by atoms with Crippen molar-refractivity contribution in [3.05, 3.63) is 59.7 Å². The summed E-state index contributed by atoms with van der Waals surface area (Å²) < 4.78 is 5.43. The Bertz CT molecular complexity index is 864. The number of benzene rings is 2. The number of nitrogens with one attached hydrogen (secondary N) is 4. The van der Waals surface area contributed by atoms with Crippen LogP contribution < -0.4 is 25.2 Å². The van der Waals surface area contributed by atoms with E-state index < -0.39 is 0 Å². The van der Waals surface area contributed by atoms with Crippen molar-refractivity contribution >= 4 is 17.5 Å². The van der Waals surface area contributed by atoms with Gasteiger partial charge in [0, 0.05) is 12.6 Å². The Morgan fingerprint density at radius 1 is 1.07 bits per heavy atom. The van der Waals surface area contributed by atoms with Crippen molar-refractivity contribution in [2.24, 2.45) is 0 Å². The number of piperazine rings is 1. The lowest BCUT2D eigenvalue weighted by atomic mass is 10.0. The van der Waals surface area contributed by atoms with Crippen molar-refractivity contribution in [3.8, 4) is 5.75 Å². The highest BCUT2D eigenvalue weighted by atomic mass is 16.5. The lowest BCUT2D eigenvalue weighted by Crippen LogP contribution is -3.28. The van der Waals surface area contributed by atoms with Crippen molar-refractivity contribution in [1.29, 1.82) is 0 Å². The van der Waals surface area contributed by atoms with Crippen LogP contribution in [-0.2, 0) is 9.59 Å². The number of quaternary nitrogens is 2. The molecule has 1 aliphatic heterocycles. The molecular weight excluding hydrogens is 380 g/mol. The number of carbonyl (C=O) groups is 2. The molecule has 0 radical (unpaired) electrons. The van der Waals surface area contributed by atoms with E-state index in [4.69, 9.17) is 4.74 Å². The van der Waals surface area contributed by atoms with Crippen molar-refractivity contribution in [2.75, 3.05) is 52.2 Å². The molecule has 3 rings (SSSR count). The summed E-state index contributed by atoms with van der Waals surface area (Å²) in [5.41, 5.74) is 2.74. The number of anilines is 1. The maximum Gasteiger partial charge on any atom is 0.287 e. The summed E-state index contributed by atoms with van der Waals surface area (Å²) in [6.45, 7) is 5.82. The molecule has 0 bridgehead atoms. The number of hydrogen-bond donors (Lipinski definition) is 4. The Hall–Kier alpha value is -2.90. The van der Waals surface area contributed by atoms with Gasteiger partial charge in [-0.1, -0.05) is 36.4 Å². The van der Waals surface area contributed by atoms with Crippen LogP contribution in [0, 0.1) is 6.92 Å². The van der Waals surface area contributed by atoms with Gasteiger partial charge < -0.3 is 25.2 Å². The average Bonchev–Trinajstić information content (AvgIpc) is 2.76. The highest BCUT2D eigenvalue weighted by Gasteiger charge is 2.36. The molecular formula is C23H32N4O3+2. The summed E-state index contributed by atoms with van der Waals surface area (Å²) >= 11 is 0. The molecule has 0 saturated carbocycles. The molecule has 1 saturated heterocycles. The average molecular weight is 413 g/mol. The summed E-state index contributed by atoms with van der Waals surface area (Å²) in [7, 11) is 3.27. The molecule has 4 N–H and O–H groups in total. The first-order chi connectivity index (χ1) is 14.5. The summed E-state index contributed by atoms with van der Waals surface area (Å²) in [4.78, 5) is 27.6. The highest BCUT2D eigenvalue weighted by Crippen LogP contribution is 2.26. The second-order valence-corrected chi connectivity index (χ2v) is 7.79. The van der Waals surface area contributed by atoms with Gasteiger partial charge in [-0.05, 0) is 24.6 Å². The van der Waals surface area contributed by atoms with E-state index in [1.54, 1.807) is 14.2 Å². The van der Waals surface area contributed by atoms with Gasteiger partial charge in [-0.25, -0.2) is 0 Å². The quantitative estimate of drug-likeness (QED) is 0.482. The lowest BCUT2D eigenvalue weighted by Gasteiger charge is -2.34. The van der Waals surface area contributed by atoms with E-state index >= 15 is 0 Å². The van der Waals surface area contributed by atoms with Crippen LogP contribution in [0.5, 0.6) is 5.75 Å². The van der Waals surface area contributed by atoms with Crippen LogP contribution >= 0.6 is 0 Å². The normalized spacial score (nSPS) is 19.6. The van der Waals surface area contributed by atoms with E-state index in [9.17, 15) is 9.59 Å². The second-order valence-electron chi connectivity index (χ2n) is 7.79. The first-order valence-electron chi connectivity index (χ1n) is 10.4. The number of methoxy groups -OCH3 is 1. The third kappa shape index (κ3) is 5.37. The molecule has 160 valence electrons. The van der Waals surface area contributed by atoms with Gasteiger partial charge in [0.15, 0.2) is 12.6 Å². The lowest BCUT2D eigenvalue weighted by molar-refractivity contribution is -1.02. The van der Waals surface area contributed by atoms with Crippen LogP contribution in [-0.4, -0.2) is 58.7 Å². The number of rotatable bonds is 7. The maximum atomic E-state index is 13.4. The minimum Gasteiger partial charge on any atom is -0.495 e. The fourth-order valence-corrected chi connectivity index (χ4v) is 4.05. The third-order valence-corrected chi connectivity index (χ3v) is 5.70. The molecule has 0 aliphatic carbocycles. The van der Waals surface area contributed by atoms with Gasteiger partial charge in [0.05, 0.1) is 12.8 Å². The van der Waals surface area contributed by atoms with Crippen molar-refractivity contribution in [1.82, 2.24) is 5.32 Å². The van der Waals surface area contributed by atoms with Gasteiger partial charge in [0.1, 0.15) is 31.9 Å². The number of carbonyl (C=O) groups excluding carboxylic acids is 2. The Kier molecular flexibility index (Phi) is 7.43. The van der Waals surface area contributed by atoms with E-state index in [1.807, 2.05) is 55.5 Å². The second kappa shape index (κ2) is 10.2. The number of aryl methyl sites for hydroxylation is 1. The smallest absolute Gasteiger partial charge is 0.287 e. The molecule has 0 aromatic heterocycles. The summed E-state index contributed by atoms with van der Waals surface area (Å²) in [5, 5.41) is 5.79. The Morgan fingerprint density at radius 3 is 2.40 bits per heavy atom. The van der Waals surface area contributed by atoms with E-state index in [0.717, 1.165) is 37.3 Å². The molecule has 1 heterocycles. The van der Waals surface area contributed by atoms with Crippen LogP contribution in [0.2, 0.25) is 0 Å². The third-order valence-electron chi connectivity index (χ3n) is 5.70. The minimum absolute atomic E-state index is 0.0464. The van der Waals surface area contributed by atoms with E-state index in [1.165, 1.54) is 9.80 Å². The maximum absolute atomic E-state index is 13.4. The predicted octanol–water partition coefficient (Wildman–Crippen LogP) is -0.787. The molecule has 1 atom stereocenters. The minimum atomic E-state index is -0.321. The molecule has 7 nitrogen and oxygen atoms in total. The van der Waals surface area contributed by atoms with E-state index in [2.05, 4.69) is 10.6 Å². The standard InChI is InChI=1S/C23H30N4O3/c1-17-9-10-20(30-3)19(15-17)25-23(29)22(18-7-5-4-6-8-18)27-13-11-26(12-14-27)16-21(28)24-2/h4-10,15,22H,11-14,16H2,1-3H3,(H,24,28)(H,25,29)/p+2/t22-/m1/s1. The monoisotopic (exact) mass is 412 g/mol.